The summed E-state index contributed by atoms with van der Waals surface area (Å²) in [7, 11) is 2.26. The van der Waals surface area contributed by atoms with Crippen LogP contribution in [0.5, 0.6) is 5.75 Å². The number of phenols is 1. The first kappa shape index (κ1) is 39.7. The summed E-state index contributed by atoms with van der Waals surface area (Å²) in [6, 6.07) is 1.59. The Kier molecular flexibility index (Phi) is 11.9. The number of alkyl halides is 3. The van der Waals surface area contributed by atoms with E-state index in [1.807, 2.05) is 0 Å². The topological polar surface area (TPSA) is 237 Å². The Labute approximate surface area is 292 Å². The quantitative estimate of drug-likeness (QED) is 0.0875. The molecule has 0 heterocycles. The number of benzene rings is 1. The minimum Gasteiger partial charge on any atom is -0.508 e. The van der Waals surface area contributed by atoms with Gasteiger partial charge in [0.15, 0.2) is 11.4 Å². The summed E-state index contributed by atoms with van der Waals surface area (Å²) in [4.78, 5) is 64.1. The van der Waals surface area contributed by atoms with E-state index in [1.165, 1.54) is 25.1 Å². The van der Waals surface area contributed by atoms with Crippen molar-refractivity contribution in [3.8, 4) is 5.75 Å². The van der Waals surface area contributed by atoms with Gasteiger partial charge in [0.05, 0.1) is 32.4 Å². The van der Waals surface area contributed by atoms with Gasteiger partial charge in [-0.05, 0) is 38.4 Å². The lowest BCUT2D eigenvalue weighted by Crippen LogP contribution is -2.70. The number of likely N-dealkylation sites (N-methyl/N-ethyl adjacent to an activating group) is 1. The smallest absolute Gasteiger partial charge is 0.491 e. The number of aliphatic hydroxyl groups is 4. The molecule has 280 valence electrons. The Bertz CT molecular complexity index is 1680. The van der Waals surface area contributed by atoms with Gasteiger partial charge in [-0.25, -0.2) is 4.79 Å². The molecular weight excluding hydrogens is 702 g/mol. The molecule has 0 saturated heterocycles. The van der Waals surface area contributed by atoms with Gasteiger partial charge >= 0.3 is 12.1 Å². The van der Waals surface area contributed by atoms with Gasteiger partial charge in [-0.1, -0.05) is 38.3 Å². The van der Waals surface area contributed by atoms with Gasteiger partial charge in [0.25, 0.3) is 5.91 Å². The number of aliphatic hydroxyl groups excluding tert-OH is 3. The van der Waals surface area contributed by atoms with Crippen molar-refractivity contribution in [1.29, 1.82) is 0 Å². The van der Waals surface area contributed by atoms with Crippen molar-refractivity contribution in [2.24, 2.45) is 17.6 Å². The summed E-state index contributed by atoms with van der Waals surface area (Å²) >= 11 is 0. The van der Waals surface area contributed by atoms with E-state index in [-0.39, 0.29) is 30.0 Å². The largest absolute Gasteiger partial charge is 0.508 e. The van der Waals surface area contributed by atoms with Crippen LogP contribution in [0.15, 0.2) is 29.0 Å². The maximum Gasteiger partial charge on any atom is 0.491 e. The second-order valence-corrected chi connectivity index (χ2v) is 14.2. The third-order valence-electron chi connectivity index (χ3n) is 9.77. The van der Waals surface area contributed by atoms with E-state index >= 15 is 0 Å². The van der Waals surface area contributed by atoms with Crippen LogP contribution >= 0.6 is 8.81 Å². The number of aromatic hydroxyl groups is 1. The normalized spacial score (nSPS) is 26.3. The molecule has 7 atom stereocenters. The first-order chi connectivity index (χ1) is 23.8. The minimum absolute atomic E-state index is 0.136. The van der Waals surface area contributed by atoms with Crippen LogP contribution < -0.4 is 11.1 Å². The van der Waals surface area contributed by atoms with Crippen LogP contribution in [0.1, 0.15) is 68.1 Å². The van der Waals surface area contributed by atoms with E-state index in [0.717, 1.165) is 0 Å². The van der Waals surface area contributed by atoms with Crippen molar-refractivity contribution >= 4 is 43.9 Å². The average Bonchev–Trinajstić information content (AvgIpc) is 3.04. The van der Waals surface area contributed by atoms with Crippen LogP contribution in [0.4, 0.5) is 13.2 Å². The molecule has 1 fully saturated rings. The number of halogens is 3. The van der Waals surface area contributed by atoms with Crippen LogP contribution in [-0.4, -0.2) is 104 Å². The number of nitrogens with two attached hydrogens (primary N) is 1. The van der Waals surface area contributed by atoms with E-state index in [4.69, 9.17) is 5.73 Å². The Hall–Kier alpha value is -4.05. The van der Waals surface area contributed by atoms with Gasteiger partial charge in [0.1, 0.15) is 22.8 Å². The van der Waals surface area contributed by atoms with Crippen molar-refractivity contribution in [2.45, 2.75) is 81.8 Å². The fraction of sp³-hybridized carbons (Fsp3) is 0.545. The van der Waals surface area contributed by atoms with Gasteiger partial charge in [-0.3, -0.25) is 24.1 Å². The number of carbonyl (C=O) groups is 5. The SMILES string of the molecule is C[C@H]1c2ccc(CNC(=O)CCCCCCCPOC(=O)C(F)(F)F)c(O)c2C(O)=C2C(=O)[C@]3(O)C(O)=C(C(N)=O)C(=O)[C@@H](N(C)C)[C@@H]3[C@@H](O)[C@@H]21. The molecule has 4 rings (SSSR count). The number of nitrogens with one attached hydrogen (secondary N) is 1. The molecule has 1 aromatic carbocycles. The number of Topliss-reactive ketones (excluding diaryl/α,β-unsaturated/α-hetero) is 2. The first-order valence-electron chi connectivity index (χ1n) is 16.2. The number of hydrogen-bond acceptors (Lipinski definition) is 12. The number of carbonyl (C=O) groups excluding carboxylic acids is 5. The van der Waals surface area contributed by atoms with Gasteiger partial charge in [-0.2, -0.15) is 13.2 Å². The molecule has 0 aliphatic heterocycles. The second kappa shape index (κ2) is 15.3. The highest BCUT2D eigenvalue weighted by Crippen LogP contribution is 2.56. The zero-order chi connectivity index (χ0) is 38.2. The third-order valence-corrected chi connectivity index (χ3v) is 10.7. The third kappa shape index (κ3) is 7.34. The number of unbranched alkanes of at least 4 members (excludes halogenated alkanes) is 4. The van der Waals surface area contributed by atoms with Gasteiger partial charge < -0.3 is 41.1 Å². The van der Waals surface area contributed by atoms with Crippen LogP contribution in [0.2, 0.25) is 0 Å². The summed E-state index contributed by atoms with van der Waals surface area (Å²) in [5.41, 5.74) is 1.07. The van der Waals surface area contributed by atoms with Gasteiger partial charge in [0.2, 0.25) is 11.7 Å². The Morgan fingerprint density at radius 3 is 2.29 bits per heavy atom. The zero-order valence-electron chi connectivity index (χ0n) is 28.0. The maximum absolute atomic E-state index is 14.1. The molecule has 0 spiro atoms. The average molecular weight is 744 g/mol. The molecule has 2 amide bonds. The molecular formula is C33H41F3N3O11P. The highest BCUT2D eigenvalue weighted by atomic mass is 31.1. The van der Waals surface area contributed by atoms with Crippen LogP contribution in [0.3, 0.4) is 0 Å². The van der Waals surface area contributed by atoms with E-state index in [2.05, 4.69) is 9.84 Å². The van der Waals surface area contributed by atoms with Crippen LogP contribution in [0, 0.1) is 11.8 Å². The Balaban J connectivity index is 1.45. The molecule has 14 nitrogen and oxygen atoms in total. The summed E-state index contributed by atoms with van der Waals surface area (Å²) < 4.78 is 40.6. The predicted molar refractivity (Wildman–Crippen MR) is 175 cm³/mol. The van der Waals surface area contributed by atoms with Crippen molar-refractivity contribution in [3.05, 3.63) is 45.7 Å². The number of primary amides is 1. The van der Waals surface area contributed by atoms with Crippen molar-refractivity contribution in [1.82, 2.24) is 10.2 Å². The van der Waals surface area contributed by atoms with E-state index in [9.17, 15) is 62.7 Å². The number of hydrogen-bond donors (Lipinski definition) is 7. The minimum atomic E-state index is -5.01. The Morgan fingerprint density at radius 2 is 1.69 bits per heavy atom. The monoisotopic (exact) mass is 743 g/mol. The fourth-order valence-corrected chi connectivity index (χ4v) is 8.02. The van der Waals surface area contributed by atoms with Gasteiger partial charge in [0, 0.05) is 36.2 Å². The van der Waals surface area contributed by atoms with Crippen molar-refractivity contribution in [3.63, 3.8) is 0 Å². The summed E-state index contributed by atoms with van der Waals surface area (Å²) in [5, 5.41) is 59.9. The molecule has 1 aromatic rings. The molecule has 0 aromatic heterocycles. The number of fused-ring (bicyclic) bond motifs is 3. The molecule has 18 heteroatoms. The maximum atomic E-state index is 14.1. The highest BCUT2D eigenvalue weighted by molar-refractivity contribution is 7.32. The molecule has 1 unspecified atom stereocenters. The van der Waals surface area contributed by atoms with E-state index in [1.54, 1.807) is 13.0 Å². The molecule has 0 bridgehead atoms. The van der Waals surface area contributed by atoms with Crippen molar-refractivity contribution in [2.75, 3.05) is 20.3 Å². The van der Waals surface area contributed by atoms with Crippen LogP contribution in [0.25, 0.3) is 5.76 Å². The zero-order valence-corrected chi connectivity index (χ0v) is 29.0. The lowest BCUT2D eigenvalue weighted by molar-refractivity contribution is -0.188. The number of amides is 2. The first-order valence-corrected chi connectivity index (χ1v) is 17.3. The number of nitrogens with zero attached hydrogens (tertiary/aromatic N) is 1. The number of rotatable bonds is 13. The van der Waals surface area contributed by atoms with E-state index < -0.39 is 102 Å². The number of phenolic OH excluding ortho intramolecular Hbond substituents is 1. The highest BCUT2D eigenvalue weighted by Gasteiger charge is 2.68. The predicted octanol–water partition coefficient (Wildman–Crippen LogP) is 2.15. The Morgan fingerprint density at radius 1 is 1.06 bits per heavy atom. The fourth-order valence-electron chi connectivity index (χ4n) is 7.27. The molecule has 3 aliphatic carbocycles. The molecule has 3 aliphatic rings. The molecule has 8 N–H and O–H groups in total. The standard InChI is InChI=1S/C33H41F3N3O11P/c1-14-16-11-10-15(13-38-17(40)9-7-5-4-6-8-12-51-50-31(48)33(34,35)36)24(41)19(16)25(42)20-18(14)26(43)22-23(39(2)3)27(44)21(30(37)47)29(46)32(22,49)28(20)45/h10-11,14,18,22-23,26,41-43,46,49,51H,4-9,12-13H2,1-3H3,(H2,37,47)(H,38,40)/t14-,18+,22+,23-,26-,32-/m0/s1. The lowest BCUT2D eigenvalue weighted by Gasteiger charge is -2.53. The van der Waals surface area contributed by atoms with E-state index in [0.29, 0.717) is 43.8 Å². The lowest BCUT2D eigenvalue weighted by atomic mass is 9.54. The summed E-state index contributed by atoms with van der Waals surface area (Å²) in [6.07, 6.45) is -3.18. The molecule has 1 saturated carbocycles. The van der Waals surface area contributed by atoms with Gasteiger partial charge in [-0.15, -0.1) is 0 Å². The van der Waals surface area contributed by atoms with Crippen molar-refractivity contribution < 1.29 is 67.2 Å². The molecule has 0 radical (unpaired) electrons. The molecule has 51 heavy (non-hydrogen) atoms. The summed E-state index contributed by atoms with van der Waals surface area (Å²) in [6.45, 7) is 1.44. The number of ketones is 2. The second-order valence-electron chi connectivity index (χ2n) is 13.2. The summed E-state index contributed by atoms with van der Waals surface area (Å²) in [5.74, 6) is -12.5. The van der Waals surface area contributed by atoms with Crippen LogP contribution in [-0.2, 0) is 35.0 Å².